The summed E-state index contributed by atoms with van der Waals surface area (Å²) in [5.41, 5.74) is 4.08. The fourth-order valence-corrected chi connectivity index (χ4v) is 4.08. The molecule has 0 radical (unpaired) electrons. The zero-order valence-electron chi connectivity index (χ0n) is 16.5. The van der Waals surface area contributed by atoms with Gasteiger partial charge in [-0.15, -0.1) is 11.3 Å². The van der Waals surface area contributed by atoms with Gasteiger partial charge in [-0.1, -0.05) is 48.0 Å². The summed E-state index contributed by atoms with van der Waals surface area (Å²) >= 11 is 1.65. The van der Waals surface area contributed by atoms with Gasteiger partial charge < -0.3 is 9.88 Å². The summed E-state index contributed by atoms with van der Waals surface area (Å²) in [5, 5.41) is 5.24. The first-order chi connectivity index (χ1) is 14.1. The zero-order valence-corrected chi connectivity index (χ0v) is 17.3. The summed E-state index contributed by atoms with van der Waals surface area (Å²) in [6, 6.07) is 20.0. The quantitative estimate of drug-likeness (QED) is 0.487. The van der Waals surface area contributed by atoms with Gasteiger partial charge in [-0.3, -0.25) is 4.79 Å². The van der Waals surface area contributed by atoms with Gasteiger partial charge in [0.05, 0.1) is 6.04 Å². The molecule has 0 aliphatic rings. The molecule has 2 aromatic carbocycles. The normalized spacial score (nSPS) is 11.9. The molecule has 0 saturated carbocycles. The molecule has 29 heavy (non-hydrogen) atoms. The van der Waals surface area contributed by atoms with Crippen LogP contribution in [0.25, 0.3) is 0 Å². The minimum absolute atomic E-state index is 0.0747. The molecule has 0 aliphatic heterocycles. The van der Waals surface area contributed by atoms with E-state index >= 15 is 0 Å². The van der Waals surface area contributed by atoms with Crippen molar-refractivity contribution in [2.75, 3.05) is 0 Å². The molecule has 1 atom stereocenters. The van der Waals surface area contributed by atoms with Crippen molar-refractivity contribution in [3.8, 4) is 0 Å². The van der Waals surface area contributed by atoms with Crippen LogP contribution in [0.2, 0.25) is 0 Å². The van der Waals surface area contributed by atoms with Gasteiger partial charge in [0.25, 0.3) is 5.91 Å². The summed E-state index contributed by atoms with van der Waals surface area (Å²) in [7, 11) is 0. The molecule has 0 aliphatic carbocycles. The molecule has 1 N–H and O–H groups in total. The second kappa shape index (κ2) is 8.45. The van der Waals surface area contributed by atoms with Crippen molar-refractivity contribution in [2.24, 2.45) is 0 Å². The van der Waals surface area contributed by atoms with E-state index in [0.717, 1.165) is 28.4 Å². The summed E-state index contributed by atoms with van der Waals surface area (Å²) in [6.45, 7) is 4.79. The minimum Gasteiger partial charge on any atom is -0.340 e. The van der Waals surface area contributed by atoms with Crippen LogP contribution in [-0.4, -0.2) is 15.5 Å². The molecular weight excluding hydrogens is 378 g/mol. The third-order valence-corrected chi connectivity index (χ3v) is 5.94. The molecule has 4 rings (SSSR count). The predicted octanol–water partition coefficient (Wildman–Crippen LogP) is 5.13. The Morgan fingerprint density at radius 1 is 1.07 bits per heavy atom. The lowest BCUT2D eigenvalue weighted by atomic mass is 10.0. The number of amides is 1. The van der Waals surface area contributed by atoms with E-state index in [-0.39, 0.29) is 11.9 Å². The molecule has 5 heteroatoms. The Hall–Kier alpha value is -3.18. The Balaban J connectivity index is 1.51. The van der Waals surface area contributed by atoms with Crippen molar-refractivity contribution >= 4 is 17.2 Å². The molecule has 1 unspecified atom stereocenters. The summed E-state index contributed by atoms with van der Waals surface area (Å²) in [6.07, 6.45) is 3.76. The monoisotopic (exact) mass is 401 g/mol. The van der Waals surface area contributed by atoms with Crippen molar-refractivity contribution < 1.29 is 4.79 Å². The highest BCUT2D eigenvalue weighted by atomic mass is 32.1. The number of rotatable bonds is 6. The maximum absolute atomic E-state index is 13.0. The molecular formula is C24H23N3OS. The molecule has 1 amide bonds. The van der Waals surface area contributed by atoms with Crippen LogP contribution in [0.1, 0.15) is 43.8 Å². The van der Waals surface area contributed by atoms with Gasteiger partial charge in [0.2, 0.25) is 0 Å². The fraction of sp³-hybridized carbons (Fsp3) is 0.167. The number of aromatic nitrogens is 2. The number of nitrogens with one attached hydrogen (secondary N) is 1. The van der Waals surface area contributed by atoms with Crippen LogP contribution in [-0.2, 0) is 6.54 Å². The van der Waals surface area contributed by atoms with Gasteiger partial charge in [-0.2, -0.15) is 0 Å². The number of hydrogen-bond donors (Lipinski definition) is 1. The Kier molecular flexibility index (Phi) is 5.58. The van der Waals surface area contributed by atoms with E-state index in [9.17, 15) is 4.79 Å². The van der Waals surface area contributed by atoms with Gasteiger partial charge in [0, 0.05) is 29.4 Å². The Bertz CT molecular complexity index is 1080. The third kappa shape index (κ3) is 4.46. The smallest absolute Gasteiger partial charge is 0.252 e. The van der Waals surface area contributed by atoms with Crippen LogP contribution in [0.4, 0.5) is 0 Å². The second-order valence-corrected chi connectivity index (χ2v) is 8.11. The van der Waals surface area contributed by atoms with Crippen LogP contribution in [0, 0.1) is 13.8 Å². The lowest BCUT2D eigenvalue weighted by molar-refractivity contribution is 0.0943. The highest BCUT2D eigenvalue weighted by molar-refractivity contribution is 7.10. The van der Waals surface area contributed by atoms with Gasteiger partial charge >= 0.3 is 0 Å². The predicted molar refractivity (Wildman–Crippen MR) is 117 cm³/mol. The van der Waals surface area contributed by atoms with Crippen LogP contribution in [0.5, 0.6) is 0 Å². The lowest BCUT2D eigenvalue weighted by Gasteiger charge is -2.18. The number of imidazole rings is 1. The number of aryl methyl sites for hydroxylation is 2. The Morgan fingerprint density at radius 3 is 2.45 bits per heavy atom. The Morgan fingerprint density at radius 2 is 1.83 bits per heavy atom. The molecule has 0 bridgehead atoms. The van der Waals surface area contributed by atoms with Crippen molar-refractivity contribution in [3.63, 3.8) is 0 Å². The van der Waals surface area contributed by atoms with Crippen molar-refractivity contribution in [1.82, 2.24) is 14.9 Å². The minimum atomic E-state index is -0.156. The highest BCUT2D eigenvalue weighted by Gasteiger charge is 2.18. The van der Waals surface area contributed by atoms with Crippen LogP contribution in [0.3, 0.4) is 0 Å². The van der Waals surface area contributed by atoms with Crippen molar-refractivity contribution in [2.45, 2.75) is 26.4 Å². The number of carbonyl (C=O) groups is 1. The second-order valence-electron chi connectivity index (χ2n) is 7.13. The zero-order chi connectivity index (χ0) is 20.2. The molecule has 146 valence electrons. The molecule has 0 saturated heterocycles. The largest absolute Gasteiger partial charge is 0.340 e. The lowest BCUT2D eigenvalue weighted by Crippen LogP contribution is -2.28. The SMILES string of the molecule is Cc1ccc(C(NC(=O)c2ccc(Cn3ccnc3C)cc2)c2cccs2)cc1. The number of benzene rings is 2. The first-order valence-electron chi connectivity index (χ1n) is 9.57. The summed E-state index contributed by atoms with van der Waals surface area (Å²) < 4.78 is 2.08. The standard InChI is InChI=1S/C24H23N3OS/c1-17-5-9-20(10-6-17)23(22-4-3-15-29-22)26-24(28)21-11-7-19(8-12-21)16-27-14-13-25-18(27)2/h3-15,23H,16H2,1-2H3,(H,26,28). The van der Waals surface area contributed by atoms with Crippen LogP contribution >= 0.6 is 11.3 Å². The maximum Gasteiger partial charge on any atom is 0.252 e. The van der Waals surface area contributed by atoms with E-state index in [1.807, 2.05) is 48.8 Å². The van der Waals surface area contributed by atoms with E-state index in [1.165, 1.54) is 5.56 Å². The van der Waals surface area contributed by atoms with Crippen LogP contribution in [0.15, 0.2) is 78.4 Å². The number of nitrogens with zero attached hydrogens (tertiary/aromatic N) is 2. The average molecular weight is 402 g/mol. The van der Waals surface area contributed by atoms with Crippen molar-refractivity contribution in [1.29, 1.82) is 0 Å². The van der Waals surface area contributed by atoms with E-state index in [2.05, 4.69) is 52.1 Å². The summed E-state index contributed by atoms with van der Waals surface area (Å²) in [4.78, 5) is 18.3. The summed E-state index contributed by atoms with van der Waals surface area (Å²) in [5.74, 6) is 0.901. The van der Waals surface area contributed by atoms with Crippen molar-refractivity contribution in [3.05, 3.63) is 111 Å². The molecule has 4 aromatic rings. The van der Waals surface area contributed by atoms with Gasteiger partial charge in [-0.25, -0.2) is 4.98 Å². The van der Waals surface area contributed by atoms with Crippen LogP contribution < -0.4 is 5.32 Å². The Labute approximate surface area is 174 Å². The van der Waals surface area contributed by atoms with Gasteiger partial charge in [-0.05, 0) is 48.6 Å². The molecule has 0 spiro atoms. The molecule has 2 heterocycles. The third-order valence-electron chi connectivity index (χ3n) is 5.01. The first-order valence-corrected chi connectivity index (χ1v) is 10.5. The first kappa shape index (κ1) is 19.2. The van der Waals surface area contributed by atoms with Gasteiger partial charge in [0.1, 0.15) is 5.82 Å². The van der Waals surface area contributed by atoms with E-state index < -0.39 is 0 Å². The number of hydrogen-bond acceptors (Lipinski definition) is 3. The topological polar surface area (TPSA) is 46.9 Å². The average Bonchev–Trinajstić information content (AvgIpc) is 3.40. The number of carbonyl (C=O) groups excluding carboxylic acids is 1. The van der Waals surface area contributed by atoms with E-state index in [1.54, 1.807) is 17.5 Å². The van der Waals surface area contributed by atoms with E-state index in [4.69, 9.17) is 0 Å². The van der Waals surface area contributed by atoms with E-state index in [0.29, 0.717) is 5.56 Å². The fourth-order valence-electron chi connectivity index (χ4n) is 3.28. The highest BCUT2D eigenvalue weighted by Crippen LogP contribution is 2.26. The molecule has 0 fully saturated rings. The number of thiophene rings is 1. The van der Waals surface area contributed by atoms with Gasteiger partial charge in [0.15, 0.2) is 0 Å². The maximum atomic E-state index is 13.0. The molecule has 2 aromatic heterocycles. The molecule has 4 nitrogen and oxygen atoms in total.